The van der Waals surface area contributed by atoms with Crippen molar-refractivity contribution in [2.24, 2.45) is 4.99 Å². The lowest BCUT2D eigenvalue weighted by Crippen LogP contribution is -2.45. The number of halogens is 2. The van der Waals surface area contributed by atoms with Gasteiger partial charge in [-0.1, -0.05) is 12.1 Å². The first kappa shape index (κ1) is 22.4. The van der Waals surface area contributed by atoms with E-state index in [1.54, 1.807) is 19.2 Å². The van der Waals surface area contributed by atoms with Crippen molar-refractivity contribution >= 4 is 29.9 Å². The molecule has 0 atom stereocenters. The summed E-state index contributed by atoms with van der Waals surface area (Å²) in [4.78, 5) is 4.76. The number of aliphatic imine (C=N–C) groups is 1. The van der Waals surface area contributed by atoms with Gasteiger partial charge in [-0.05, 0) is 37.5 Å². The van der Waals surface area contributed by atoms with E-state index in [-0.39, 0.29) is 40.8 Å². The Morgan fingerprint density at radius 3 is 2.56 bits per heavy atom. The Kier molecular flexibility index (Phi) is 8.30. The fourth-order valence-electron chi connectivity index (χ4n) is 3.52. The Balaban J connectivity index is 0.00000261. The van der Waals surface area contributed by atoms with Gasteiger partial charge in [-0.2, -0.15) is 0 Å². The maximum Gasteiger partial charge on any atom is 0.191 e. The molecule has 0 spiro atoms. The number of nitrogens with zero attached hydrogens (tertiary/aromatic N) is 1. The van der Waals surface area contributed by atoms with Crippen LogP contribution in [0.1, 0.15) is 38.2 Å². The lowest BCUT2D eigenvalue weighted by molar-refractivity contribution is -0.0828. The molecule has 0 radical (unpaired) electrons. The summed E-state index contributed by atoms with van der Waals surface area (Å²) in [6.45, 7) is 5.64. The van der Waals surface area contributed by atoms with Crippen LogP contribution < -0.4 is 10.6 Å². The lowest BCUT2D eigenvalue weighted by Gasteiger charge is -2.34. The number of nitrogens with one attached hydrogen (secondary N) is 2. The van der Waals surface area contributed by atoms with Crippen molar-refractivity contribution in [3.63, 3.8) is 0 Å². The standard InChI is InChI=1S/C20H30FN3O2.HI/c1-3-22-18(24-15-20(25-2)9-11-26-12-10-20)23-14-19(7-8-19)16-5-4-6-17(21)13-16;/h4-6,13H,3,7-12,14-15H2,1-2H3,(H2,22,23,24);1H. The zero-order valence-corrected chi connectivity index (χ0v) is 18.6. The highest BCUT2D eigenvalue weighted by molar-refractivity contribution is 14.0. The molecular weight excluding hydrogens is 460 g/mol. The molecule has 3 rings (SSSR count). The predicted octanol–water partition coefficient (Wildman–Crippen LogP) is 3.23. The fraction of sp³-hybridized carbons (Fsp3) is 0.650. The van der Waals surface area contributed by atoms with Gasteiger partial charge in [0.05, 0.1) is 12.1 Å². The summed E-state index contributed by atoms with van der Waals surface area (Å²) in [7, 11) is 1.75. The summed E-state index contributed by atoms with van der Waals surface area (Å²) in [6, 6.07) is 6.96. The third-order valence-electron chi connectivity index (χ3n) is 5.59. The minimum atomic E-state index is -0.236. The molecule has 27 heavy (non-hydrogen) atoms. The van der Waals surface area contributed by atoms with Crippen molar-refractivity contribution in [2.45, 2.75) is 43.6 Å². The molecule has 1 aromatic rings. The second-order valence-corrected chi connectivity index (χ2v) is 7.34. The number of ether oxygens (including phenoxy) is 2. The van der Waals surface area contributed by atoms with Gasteiger partial charge in [0.25, 0.3) is 0 Å². The van der Waals surface area contributed by atoms with Crippen molar-refractivity contribution in [1.29, 1.82) is 0 Å². The van der Waals surface area contributed by atoms with Gasteiger partial charge in [-0.15, -0.1) is 24.0 Å². The minimum Gasteiger partial charge on any atom is -0.381 e. The summed E-state index contributed by atoms with van der Waals surface area (Å²) in [6.07, 6.45) is 3.86. The second kappa shape index (κ2) is 10.0. The van der Waals surface area contributed by atoms with Gasteiger partial charge in [0.2, 0.25) is 0 Å². The van der Waals surface area contributed by atoms with Gasteiger partial charge in [0.1, 0.15) is 5.82 Å². The van der Waals surface area contributed by atoms with Crippen molar-refractivity contribution < 1.29 is 13.9 Å². The predicted molar refractivity (Wildman–Crippen MR) is 117 cm³/mol. The third kappa shape index (κ3) is 5.77. The SMILES string of the molecule is CCNC(=NCC1(OC)CCOCC1)NCC1(c2cccc(F)c2)CC1.I. The molecule has 2 N–H and O–H groups in total. The van der Waals surface area contributed by atoms with E-state index >= 15 is 0 Å². The maximum atomic E-state index is 13.6. The highest BCUT2D eigenvalue weighted by Crippen LogP contribution is 2.47. The molecule has 1 aromatic carbocycles. The van der Waals surface area contributed by atoms with Crippen LogP contribution in [-0.2, 0) is 14.9 Å². The van der Waals surface area contributed by atoms with Crippen LogP contribution in [0, 0.1) is 5.82 Å². The van der Waals surface area contributed by atoms with E-state index in [0.29, 0.717) is 6.54 Å². The Hall–Kier alpha value is -0.930. The van der Waals surface area contributed by atoms with E-state index in [4.69, 9.17) is 14.5 Å². The Morgan fingerprint density at radius 2 is 1.96 bits per heavy atom. The van der Waals surface area contributed by atoms with Gasteiger partial charge in [0, 0.05) is 51.7 Å². The van der Waals surface area contributed by atoms with Crippen molar-refractivity contribution in [3.05, 3.63) is 35.6 Å². The first-order valence-corrected chi connectivity index (χ1v) is 9.53. The van der Waals surface area contributed by atoms with Crippen LogP contribution in [0.2, 0.25) is 0 Å². The van der Waals surface area contributed by atoms with Crippen LogP contribution in [0.4, 0.5) is 4.39 Å². The van der Waals surface area contributed by atoms with Gasteiger partial charge >= 0.3 is 0 Å². The van der Waals surface area contributed by atoms with Crippen LogP contribution in [0.15, 0.2) is 29.3 Å². The van der Waals surface area contributed by atoms with E-state index in [1.807, 2.05) is 6.07 Å². The molecule has 0 bridgehead atoms. The fourth-order valence-corrected chi connectivity index (χ4v) is 3.52. The molecule has 0 amide bonds. The Labute approximate surface area is 178 Å². The average Bonchev–Trinajstić information content (AvgIpc) is 3.46. The maximum absolute atomic E-state index is 13.6. The number of hydrogen-bond donors (Lipinski definition) is 2. The van der Waals surface area contributed by atoms with E-state index < -0.39 is 0 Å². The van der Waals surface area contributed by atoms with Gasteiger partial charge in [-0.25, -0.2) is 4.39 Å². The minimum absolute atomic E-state index is 0. The third-order valence-corrected chi connectivity index (χ3v) is 5.59. The molecule has 1 aliphatic carbocycles. The summed E-state index contributed by atoms with van der Waals surface area (Å²) in [5, 5.41) is 6.76. The normalized spacial score (nSPS) is 20.5. The van der Waals surface area contributed by atoms with E-state index in [9.17, 15) is 4.39 Å². The van der Waals surface area contributed by atoms with Crippen LogP contribution in [-0.4, -0.2) is 51.5 Å². The number of guanidine groups is 1. The van der Waals surface area contributed by atoms with Crippen LogP contribution in [0.5, 0.6) is 0 Å². The molecular formula is C20H31FIN3O2. The zero-order valence-electron chi connectivity index (χ0n) is 16.2. The zero-order chi connectivity index (χ0) is 18.5. The summed E-state index contributed by atoms with van der Waals surface area (Å²) in [5.41, 5.74) is 0.856. The number of hydrogen-bond acceptors (Lipinski definition) is 3. The highest BCUT2D eigenvalue weighted by atomic mass is 127. The lowest BCUT2D eigenvalue weighted by atomic mass is 9.94. The number of benzene rings is 1. The summed E-state index contributed by atoms with van der Waals surface area (Å²) >= 11 is 0. The topological polar surface area (TPSA) is 54.9 Å². The molecule has 7 heteroatoms. The van der Waals surface area contributed by atoms with Crippen LogP contribution in [0.25, 0.3) is 0 Å². The molecule has 1 aliphatic heterocycles. The van der Waals surface area contributed by atoms with Crippen molar-refractivity contribution in [3.8, 4) is 0 Å². The van der Waals surface area contributed by atoms with Gasteiger partial charge in [-0.3, -0.25) is 4.99 Å². The Bertz CT molecular complexity index is 631. The average molecular weight is 491 g/mol. The van der Waals surface area contributed by atoms with E-state index in [0.717, 1.165) is 63.5 Å². The first-order valence-electron chi connectivity index (χ1n) is 9.53. The molecule has 5 nitrogen and oxygen atoms in total. The second-order valence-electron chi connectivity index (χ2n) is 7.34. The van der Waals surface area contributed by atoms with E-state index in [1.165, 1.54) is 6.07 Å². The molecule has 0 aromatic heterocycles. The molecule has 2 fully saturated rings. The van der Waals surface area contributed by atoms with Crippen LogP contribution in [0.3, 0.4) is 0 Å². The molecule has 0 unspecified atom stereocenters. The van der Waals surface area contributed by atoms with E-state index in [2.05, 4.69) is 17.6 Å². The molecule has 1 heterocycles. The largest absolute Gasteiger partial charge is 0.381 e. The quantitative estimate of drug-likeness (QED) is 0.350. The summed E-state index contributed by atoms with van der Waals surface area (Å²) in [5.74, 6) is 0.619. The number of methoxy groups -OCH3 is 1. The molecule has 1 saturated heterocycles. The Morgan fingerprint density at radius 1 is 1.22 bits per heavy atom. The van der Waals surface area contributed by atoms with Crippen molar-refractivity contribution in [2.75, 3.05) is 40.0 Å². The van der Waals surface area contributed by atoms with Crippen molar-refractivity contribution in [1.82, 2.24) is 10.6 Å². The molecule has 2 aliphatic rings. The highest BCUT2D eigenvalue weighted by Gasteiger charge is 2.44. The van der Waals surface area contributed by atoms with Gasteiger partial charge in [0.15, 0.2) is 5.96 Å². The van der Waals surface area contributed by atoms with Crippen LogP contribution >= 0.6 is 24.0 Å². The molecule has 152 valence electrons. The monoisotopic (exact) mass is 491 g/mol. The summed E-state index contributed by atoms with van der Waals surface area (Å²) < 4.78 is 24.8. The number of rotatable bonds is 7. The smallest absolute Gasteiger partial charge is 0.191 e. The molecule has 1 saturated carbocycles. The van der Waals surface area contributed by atoms with Gasteiger partial charge < -0.3 is 20.1 Å². The first-order chi connectivity index (χ1) is 12.6.